The van der Waals surface area contributed by atoms with Gasteiger partial charge in [-0.05, 0) is 36.6 Å². The van der Waals surface area contributed by atoms with Crippen LogP contribution in [-0.4, -0.2) is 13.6 Å². The lowest BCUT2D eigenvalue weighted by Crippen LogP contribution is -2.20. The molecule has 0 aromatic heterocycles. The summed E-state index contributed by atoms with van der Waals surface area (Å²) < 4.78 is 0. The molecule has 0 aliphatic rings. The molecule has 0 radical (unpaired) electrons. The van der Waals surface area contributed by atoms with E-state index in [4.69, 9.17) is 5.73 Å². The van der Waals surface area contributed by atoms with E-state index >= 15 is 0 Å². The Morgan fingerprint density at radius 1 is 1.06 bits per heavy atom. The molecule has 0 aliphatic heterocycles. The zero-order valence-corrected chi connectivity index (χ0v) is 11.1. The third-order valence-electron chi connectivity index (χ3n) is 3.28. The molecular weight excluding hydrogens is 220 g/mol. The predicted octanol–water partition coefficient (Wildman–Crippen LogP) is 3.26. The first kappa shape index (κ1) is 12.5. The number of nitrogen functional groups attached to an aromatic ring is 1. The number of likely N-dealkylation sites (N-methyl/N-ethyl adjacent to an activating group) is 1. The van der Waals surface area contributed by atoms with Crippen molar-refractivity contribution in [2.24, 2.45) is 0 Å². The van der Waals surface area contributed by atoms with Gasteiger partial charge in [0.2, 0.25) is 0 Å². The zero-order valence-electron chi connectivity index (χ0n) is 11.1. The first-order chi connectivity index (χ1) is 8.66. The maximum atomic E-state index is 5.94. The minimum atomic E-state index is 0.860. The SMILES string of the molecule is Cc1ccc(N(C)CCc2ccccc2)cc1N. The number of hydrogen-bond donors (Lipinski definition) is 1. The normalized spacial score (nSPS) is 10.3. The molecule has 0 unspecified atom stereocenters. The van der Waals surface area contributed by atoms with E-state index in [0.29, 0.717) is 0 Å². The molecule has 2 heteroatoms. The lowest BCUT2D eigenvalue weighted by atomic mass is 10.1. The predicted molar refractivity (Wildman–Crippen MR) is 79.0 cm³/mol. The van der Waals surface area contributed by atoms with Gasteiger partial charge in [0.15, 0.2) is 0 Å². The molecule has 2 aromatic rings. The highest BCUT2D eigenvalue weighted by molar-refractivity contribution is 5.59. The highest BCUT2D eigenvalue weighted by Gasteiger charge is 2.03. The van der Waals surface area contributed by atoms with Crippen molar-refractivity contribution in [1.29, 1.82) is 0 Å². The van der Waals surface area contributed by atoms with Crippen LogP contribution < -0.4 is 10.6 Å². The van der Waals surface area contributed by atoms with Crippen LogP contribution in [0, 0.1) is 6.92 Å². The fourth-order valence-electron chi connectivity index (χ4n) is 1.94. The van der Waals surface area contributed by atoms with Crippen molar-refractivity contribution in [3.05, 3.63) is 59.7 Å². The molecule has 2 nitrogen and oxygen atoms in total. The van der Waals surface area contributed by atoms with Gasteiger partial charge in [-0.2, -0.15) is 0 Å². The van der Waals surface area contributed by atoms with E-state index in [1.54, 1.807) is 0 Å². The average Bonchev–Trinajstić information content (AvgIpc) is 2.40. The van der Waals surface area contributed by atoms with Crippen molar-refractivity contribution in [3.8, 4) is 0 Å². The topological polar surface area (TPSA) is 29.3 Å². The fraction of sp³-hybridized carbons (Fsp3) is 0.250. The van der Waals surface area contributed by atoms with Crippen molar-refractivity contribution in [3.63, 3.8) is 0 Å². The highest BCUT2D eigenvalue weighted by atomic mass is 15.1. The fourth-order valence-corrected chi connectivity index (χ4v) is 1.94. The smallest absolute Gasteiger partial charge is 0.0384 e. The van der Waals surface area contributed by atoms with Crippen molar-refractivity contribution in [2.75, 3.05) is 24.2 Å². The third-order valence-corrected chi connectivity index (χ3v) is 3.28. The Morgan fingerprint density at radius 2 is 1.78 bits per heavy atom. The summed E-state index contributed by atoms with van der Waals surface area (Å²) in [6, 6.07) is 16.8. The Balaban J connectivity index is 1.99. The van der Waals surface area contributed by atoms with Crippen molar-refractivity contribution in [2.45, 2.75) is 13.3 Å². The molecule has 0 spiro atoms. The Hall–Kier alpha value is -1.96. The van der Waals surface area contributed by atoms with Gasteiger partial charge in [0.1, 0.15) is 0 Å². The molecule has 2 rings (SSSR count). The summed E-state index contributed by atoms with van der Waals surface area (Å²) in [6.07, 6.45) is 1.05. The van der Waals surface area contributed by atoms with Gasteiger partial charge in [-0.25, -0.2) is 0 Å². The molecular formula is C16H20N2. The van der Waals surface area contributed by atoms with Crippen LogP contribution in [0.25, 0.3) is 0 Å². The van der Waals surface area contributed by atoms with Crippen LogP contribution in [-0.2, 0) is 6.42 Å². The molecule has 0 saturated heterocycles. The zero-order chi connectivity index (χ0) is 13.0. The van der Waals surface area contributed by atoms with Gasteiger partial charge in [0.25, 0.3) is 0 Å². The Labute approximate surface area is 109 Å². The minimum Gasteiger partial charge on any atom is -0.398 e. The molecule has 18 heavy (non-hydrogen) atoms. The van der Waals surface area contributed by atoms with E-state index in [1.807, 2.05) is 19.1 Å². The van der Waals surface area contributed by atoms with Crippen molar-refractivity contribution in [1.82, 2.24) is 0 Å². The molecule has 2 N–H and O–H groups in total. The summed E-state index contributed by atoms with van der Waals surface area (Å²) in [5.74, 6) is 0. The average molecular weight is 240 g/mol. The number of benzene rings is 2. The van der Waals surface area contributed by atoms with Crippen LogP contribution >= 0.6 is 0 Å². The van der Waals surface area contributed by atoms with E-state index in [1.165, 1.54) is 11.3 Å². The summed E-state index contributed by atoms with van der Waals surface area (Å²) in [4.78, 5) is 2.24. The summed E-state index contributed by atoms with van der Waals surface area (Å²) in [6.45, 7) is 3.02. The van der Waals surface area contributed by atoms with Crippen LogP contribution in [0.5, 0.6) is 0 Å². The molecule has 0 bridgehead atoms. The first-order valence-electron chi connectivity index (χ1n) is 6.28. The van der Waals surface area contributed by atoms with E-state index < -0.39 is 0 Å². The second-order valence-electron chi connectivity index (χ2n) is 4.70. The van der Waals surface area contributed by atoms with Gasteiger partial charge < -0.3 is 10.6 Å². The van der Waals surface area contributed by atoms with Crippen LogP contribution in [0.3, 0.4) is 0 Å². The molecule has 0 fully saturated rings. The third kappa shape index (κ3) is 3.04. The molecule has 94 valence electrons. The quantitative estimate of drug-likeness (QED) is 0.831. The van der Waals surface area contributed by atoms with E-state index in [2.05, 4.69) is 48.3 Å². The number of anilines is 2. The standard InChI is InChI=1S/C16H20N2/c1-13-8-9-15(12-16(13)17)18(2)11-10-14-6-4-3-5-7-14/h3-9,12H,10-11,17H2,1-2H3. The van der Waals surface area contributed by atoms with E-state index in [9.17, 15) is 0 Å². The minimum absolute atomic E-state index is 0.860. The lowest BCUT2D eigenvalue weighted by Gasteiger charge is -2.20. The number of hydrogen-bond acceptors (Lipinski definition) is 2. The maximum Gasteiger partial charge on any atom is 0.0384 e. The van der Waals surface area contributed by atoms with Crippen molar-refractivity contribution < 1.29 is 0 Å². The highest BCUT2D eigenvalue weighted by Crippen LogP contribution is 2.20. The van der Waals surface area contributed by atoms with Crippen molar-refractivity contribution >= 4 is 11.4 Å². The van der Waals surface area contributed by atoms with Gasteiger partial charge in [-0.1, -0.05) is 36.4 Å². The summed E-state index contributed by atoms with van der Waals surface area (Å²) in [7, 11) is 2.10. The Kier molecular flexibility index (Phi) is 3.88. The van der Waals surface area contributed by atoms with E-state index in [0.717, 1.165) is 24.2 Å². The van der Waals surface area contributed by atoms with Gasteiger partial charge >= 0.3 is 0 Å². The molecule has 0 saturated carbocycles. The Morgan fingerprint density at radius 3 is 2.44 bits per heavy atom. The molecule has 0 aliphatic carbocycles. The second kappa shape index (κ2) is 5.58. The van der Waals surface area contributed by atoms with Crippen LogP contribution in [0.1, 0.15) is 11.1 Å². The molecule has 0 heterocycles. The van der Waals surface area contributed by atoms with Gasteiger partial charge in [0, 0.05) is 25.0 Å². The molecule has 0 atom stereocenters. The monoisotopic (exact) mass is 240 g/mol. The van der Waals surface area contributed by atoms with Gasteiger partial charge in [0.05, 0.1) is 0 Å². The van der Waals surface area contributed by atoms with Crippen LogP contribution in [0.15, 0.2) is 48.5 Å². The maximum absolute atomic E-state index is 5.94. The van der Waals surface area contributed by atoms with Crippen LogP contribution in [0.2, 0.25) is 0 Å². The summed E-state index contributed by atoms with van der Waals surface area (Å²) >= 11 is 0. The van der Waals surface area contributed by atoms with Gasteiger partial charge in [-0.3, -0.25) is 0 Å². The largest absolute Gasteiger partial charge is 0.398 e. The number of rotatable bonds is 4. The second-order valence-corrected chi connectivity index (χ2v) is 4.70. The lowest BCUT2D eigenvalue weighted by molar-refractivity contribution is 0.877. The molecule has 2 aromatic carbocycles. The first-order valence-corrected chi connectivity index (χ1v) is 6.28. The summed E-state index contributed by atoms with van der Waals surface area (Å²) in [5.41, 5.74) is 10.5. The summed E-state index contributed by atoms with van der Waals surface area (Å²) in [5, 5.41) is 0. The van der Waals surface area contributed by atoms with Gasteiger partial charge in [-0.15, -0.1) is 0 Å². The number of nitrogens with zero attached hydrogens (tertiary/aromatic N) is 1. The number of aryl methyl sites for hydroxylation is 1. The van der Waals surface area contributed by atoms with Crippen LogP contribution in [0.4, 0.5) is 11.4 Å². The van der Waals surface area contributed by atoms with E-state index in [-0.39, 0.29) is 0 Å². The Bertz CT molecular complexity index is 506. The molecule has 0 amide bonds. The number of nitrogens with two attached hydrogens (primary N) is 1.